The third-order valence-corrected chi connectivity index (χ3v) is 6.29. The van der Waals surface area contributed by atoms with E-state index in [1.54, 1.807) is 4.44 Å². The molecule has 0 rings (SSSR count). The molecule has 0 aromatic rings. The SMILES string of the molecule is CC[CH]C(C)[CH2][SnH]([CH3])[CH3]. The summed E-state index contributed by atoms with van der Waals surface area (Å²) >= 11 is -0.875. The Balaban J connectivity index is 3.15. The van der Waals surface area contributed by atoms with Crippen LogP contribution in [0.1, 0.15) is 20.3 Å². The molecule has 0 aromatic carbocycles. The van der Waals surface area contributed by atoms with E-state index < -0.39 is 19.8 Å². The zero-order valence-corrected chi connectivity index (χ0v) is 10.4. The van der Waals surface area contributed by atoms with Gasteiger partial charge in [-0.05, 0) is 0 Å². The van der Waals surface area contributed by atoms with E-state index in [0.29, 0.717) is 0 Å². The fourth-order valence-corrected chi connectivity index (χ4v) is 6.04. The van der Waals surface area contributed by atoms with Crippen LogP contribution in [0.4, 0.5) is 0 Å². The molecule has 1 atom stereocenters. The third-order valence-electron chi connectivity index (χ3n) is 1.48. The van der Waals surface area contributed by atoms with E-state index in [-0.39, 0.29) is 0 Å². The molecule has 0 aliphatic heterocycles. The van der Waals surface area contributed by atoms with Gasteiger partial charge in [-0.15, -0.1) is 0 Å². The molecule has 0 N–H and O–H groups in total. The van der Waals surface area contributed by atoms with Crippen LogP contribution in [0.25, 0.3) is 0 Å². The topological polar surface area (TPSA) is 0 Å². The van der Waals surface area contributed by atoms with Crippen molar-refractivity contribution in [2.45, 2.75) is 34.6 Å². The van der Waals surface area contributed by atoms with Gasteiger partial charge in [0.1, 0.15) is 0 Å². The molecule has 9 heavy (non-hydrogen) atoms. The summed E-state index contributed by atoms with van der Waals surface area (Å²) in [4.78, 5) is 4.98. The summed E-state index contributed by atoms with van der Waals surface area (Å²) in [6.45, 7) is 4.58. The Bertz CT molecular complexity index is 59.6. The van der Waals surface area contributed by atoms with E-state index in [4.69, 9.17) is 0 Å². The molecule has 0 spiro atoms. The predicted octanol–water partition coefficient (Wildman–Crippen LogP) is 2.72. The van der Waals surface area contributed by atoms with Gasteiger partial charge in [0.2, 0.25) is 0 Å². The van der Waals surface area contributed by atoms with Gasteiger partial charge in [0, 0.05) is 0 Å². The van der Waals surface area contributed by atoms with Crippen LogP contribution in [-0.2, 0) is 0 Å². The Hall–Kier alpha value is 0.799. The van der Waals surface area contributed by atoms with Gasteiger partial charge in [0.15, 0.2) is 0 Å². The summed E-state index contributed by atoms with van der Waals surface area (Å²) < 4.78 is 1.55. The summed E-state index contributed by atoms with van der Waals surface area (Å²) in [5.74, 6) is 0.908. The fraction of sp³-hybridized carbons (Fsp3) is 0.875. The maximum atomic E-state index is 2.49. The van der Waals surface area contributed by atoms with Crippen molar-refractivity contribution in [3.05, 3.63) is 6.42 Å². The van der Waals surface area contributed by atoms with Crippen molar-refractivity contribution in [2.75, 3.05) is 0 Å². The Morgan fingerprint density at radius 3 is 2.33 bits per heavy atom. The van der Waals surface area contributed by atoms with Crippen LogP contribution in [0.3, 0.4) is 0 Å². The summed E-state index contributed by atoms with van der Waals surface area (Å²) in [7, 11) is 0. The summed E-state index contributed by atoms with van der Waals surface area (Å²) in [5.41, 5.74) is 0. The van der Waals surface area contributed by atoms with Crippen molar-refractivity contribution in [1.82, 2.24) is 0 Å². The van der Waals surface area contributed by atoms with Gasteiger partial charge in [0.05, 0.1) is 0 Å². The maximum absolute atomic E-state index is 2.49. The average Bonchev–Trinajstić information content (AvgIpc) is 1.63. The molecule has 0 heterocycles. The Kier molecular flexibility index (Phi) is 6.07. The van der Waals surface area contributed by atoms with Crippen molar-refractivity contribution in [1.29, 1.82) is 0 Å². The number of rotatable bonds is 4. The van der Waals surface area contributed by atoms with E-state index in [9.17, 15) is 0 Å². The van der Waals surface area contributed by atoms with Crippen molar-refractivity contribution in [2.24, 2.45) is 5.92 Å². The van der Waals surface area contributed by atoms with Crippen molar-refractivity contribution < 1.29 is 0 Å². The van der Waals surface area contributed by atoms with Crippen LogP contribution in [0.15, 0.2) is 0 Å². The second-order valence-corrected chi connectivity index (χ2v) is 12.6. The molecule has 0 amide bonds. The molecule has 0 fully saturated rings. The van der Waals surface area contributed by atoms with Gasteiger partial charge in [-0.25, -0.2) is 0 Å². The molecule has 0 nitrogen and oxygen atoms in total. The van der Waals surface area contributed by atoms with Gasteiger partial charge in [0.25, 0.3) is 0 Å². The third kappa shape index (κ3) is 6.69. The van der Waals surface area contributed by atoms with Gasteiger partial charge in [-0.1, -0.05) is 0 Å². The Morgan fingerprint density at radius 1 is 1.44 bits per heavy atom. The molecular formula is C8H19Sn. The zero-order chi connectivity index (χ0) is 7.28. The molecule has 0 aliphatic carbocycles. The first-order valence-corrected chi connectivity index (χ1v) is 12.9. The molecule has 0 saturated carbocycles. The average molecular weight is 234 g/mol. The summed E-state index contributed by atoms with van der Waals surface area (Å²) in [6.07, 6.45) is 3.69. The number of hydrogen-bond acceptors (Lipinski definition) is 0. The van der Waals surface area contributed by atoms with E-state index in [1.165, 1.54) is 6.42 Å². The van der Waals surface area contributed by atoms with Gasteiger partial charge < -0.3 is 0 Å². The van der Waals surface area contributed by atoms with Crippen LogP contribution in [-0.4, -0.2) is 19.8 Å². The summed E-state index contributed by atoms with van der Waals surface area (Å²) in [5, 5.41) is 0. The van der Waals surface area contributed by atoms with Crippen LogP contribution < -0.4 is 0 Å². The van der Waals surface area contributed by atoms with E-state index in [0.717, 1.165) is 5.92 Å². The molecule has 0 bridgehead atoms. The molecule has 1 unspecified atom stereocenters. The molecular weight excluding hydrogens is 215 g/mol. The molecule has 0 aliphatic rings. The molecule has 55 valence electrons. The fourth-order valence-electron chi connectivity index (χ4n) is 1.24. The van der Waals surface area contributed by atoms with E-state index >= 15 is 0 Å². The minimum absolute atomic E-state index is 0.875. The molecule has 0 aromatic heterocycles. The normalized spacial score (nSPS) is 14.3. The van der Waals surface area contributed by atoms with E-state index in [2.05, 4.69) is 30.1 Å². The first kappa shape index (κ1) is 9.80. The Labute approximate surface area is 66.8 Å². The molecule has 0 saturated heterocycles. The molecule has 1 heteroatoms. The first-order valence-electron chi connectivity index (χ1n) is 4.00. The monoisotopic (exact) mass is 235 g/mol. The predicted molar refractivity (Wildman–Crippen MR) is 47.4 cm³/mol. The van der Waals surface area contributed by atoms with E-state index in [1.807, 2.05) is 0 Å². The zero-order valence-electron chi connectivity index (χ0n) is 7.15. The second-order valence-electron chi connectivity index (χ2n) is 3.25. The first-order chi connectivity index (χ1) is 4.16. The van der Waals surface area contributed by atoms with Crippen LogP contribution in [0.2, 0.25) is 14.3 Å². The van der Waals surface area contributed by atoms with Gasteiger partial charge in [-0.2, -0.15) is 0 Å². The van der Waals surface area contributed by atoms with Crippen molar-refractivity contribution >= 4 is 19.8 Å². The van der Waals surface area contributed by atoms with Crippen LogP contribution in [0.5, 0.6) is 0 Å². The minimum atomic E-state index is -0.875. The second kappa shape index (κ2) is 5.57. The van der Waals surface area contributed by atoms with Crippen molar-refractivity contribution in [3.63, 3.8) is 0 Å². The Morgan fingerprint density at radius 2 is 2.00 bits per heavy atom. The standard InChI is InChI=1S/C6H12.2CH3.Sn.H/c1-4-5-6(2)3;;;;/h5-6H,2,4H2,1,3H3;2*1H3;;. The van der Waals surface area contributed by atoms with Gasteiger partial charge in [-0.3, -0.25) is 0 Å². The van der Waals surface area contributed by atoms with Crippen LogP contribution >= 0.6 is 0 Å². The quantitative estimate of drug-likeness (QED) is 0.656. The number of hydrogen-bond donors (Lipinski definition) is 0. The van der Waals surface area contributed by atoms with Gasteiger partial charge >= 0.3 is 66.7 Å². The van der Waals surface area contributed by atoms with Crippen LogP contribution in [0, 0.1) is 12.3 Å². The summed E-state index contributed by atoms with van der Waals surface area (Å²) in [6, 6.07) is 0. The van der Waals surface area contributed by atoms with Crippen molar-refractivity contribution in [3.8, 4) is 0 Å². The molecule has 1 radical (unpaired) electrons.